The fourth-order valence-electron chi connectivity index (χ4n) is 7.35. The van der Waals surface area contributed by atoms with Crippen molar-refractivity contribution in [1.82, 2.24) is 0 Å². The molecule has 0 aliphatic heterocycles. The molecular weight excluding hydrogens is 935 g/mol. The molecular formula is C40H23BF20O2S. The van der Waals surface area contributed by atoms with E-state index in [-0.39, 0.29) is 12.1 Å². The maximum Gasteiger partial charge on any atom is 0.338 e. The molecule has 24 heteroatoms. The van der Waals surface area contributed by atoms with Crippen LogP contribution in [0.15, 0.2) is 24.3 Å². The van der Waals surface area contributed by atoms with Crippen molar-refractivity contribution in [3.8, 4) is 0 Å². The molecule has 1 saturated carbocycles. The zero-order valence-electron chi connectivity index (χ0n) is 32.0. The van der Waals surface area contributed by atoms with Crippen LogP contribution < -0.4 is 21.9 Å². The van der Waals surface area contributed by atoms with Gasteiger partial charge in [0.05, 0.1) is 18.1 Å². The monoisotopic (exact) mass is 958 g/mol. The second-order valence-electron chi connectivity index (χ2n) is 14.3. The van der Waals surface area contributed by atoms with Crippen molar-refractivity contribution in [2.24, 2.45) is 0 Å². The van der Waals surface area contributed by atoms with Gasteiger partial charge in [0.15, 0.2) is 69.8 Å². The zero-order valence-corrected chi connectivity index (χ0v) is 32.8. The first-order valence-corrected chi connectivity index (χ1v) is 20.1. The van der Waals surface area contributed by atoms with Gasteiger partial charge in [0.2, 0.25) is 0 Å². The Labute approximate surface area is 350 Å². The number of hydrogen-bond acceptors (Lipinski definition) is 2. The highest BCUT2D eigenvalue weighted by molar-refractivity contribution is 7.94. The van der Waals surface area contributed by atoms with Crippen LogP contribution in [0.25, 0.3) is 0 Å². The van der Waals surface area contributed by atoms with E-state index in [1.807, 2.05) is 24.3 Å². The van der Waals surface area contributed by atoms with Crippen LogP contribution in [-0.4, -0.2) is 30.7 Å². The number of rotatable bonds is 8. The zero-order chi connectivity index (χ0) is 48.0. The summed E-state index contributed by atoms with van der Waals surface area (Å²) in [7, 11) is 0.394. The number of halogens is 20. The molecule has 0 N–H and O–H groups in total. The maximum absolute atomic E-state index is 15.4. The van der Waals surface area contributed by atoms with E-state index in [4.69, 9.17) is 4.74 Å². The molecule has 6 rings (SSSR count). The van der Waals surface area contributed by atoms with Crippen molar-refractivity contribution in [2.45, 2.75) is 44.0 Å². The third-order valence-corrected chi connectivity index (χ3v) is 11.1. The lowest BCUT2D eigenvalue weighted by Crippen LogP contribution is -2.81. The lowest BCUT2D eigenvalue weighted by molar-refractivity contribution is 0.0211. The van der Waals surface area contributed by atoms with E-state index in [1.54, 1.807) is 0 Å². The molecule has 0 unspecified atom stereocenters. The number of carbonyl (C=O) groups is 1. The molecule has 0 aromatic heterocycles. The Hall–Kier alpha value is -5.42. The minimum atomic E-state index is -7.22. The third kappa shape index (κ3) is 8.36. The van der Waals surface area contributed by atoms with Crippen LogP contribution in [0.2, 0.25) is 0 Å². The van der Waals surface area contributed by atoms with E-state index in [0.29, 0.717) is 16.5 Å². The van der Waals surface area contributed by atoms with E-state index >= 15 is 35.1 Å². The van der Waals surface area contributed by atoms with Crippen LogP contribution in [0.4, 0.5) is 87.8 Å². The molecule has 344 valence electrons. The van der Waals surface area contributed by atoms with Crippen molar-refractivity contribution >= 4 is 44.9 Å². The molecule has 0 radical (unpaired) electrons. The lowest BCUT2D eigenvalue weighted by Gasteiger charge is -2.44. The highest BCUT2D eigenvalue weighted by atomic mass is 32.2. The van der Waals surface area contributed by atoms with Crippen LogP contribution in [0, 0.1) is 116 Å². The van der Waals surface area contributed by atoms with E-state index in [2.05, 4.69) is 12.5 Å². The van der Waals surface area contributed by atoms with E-state index in [9.17, 15) is 57.5 Å². The first-order valence-electron chi connectivity index (χ1n) is 17.9. The minimum absolute atomic E-state index is 0.137. The molecule has 0 spiro atoms. The first kappa shape index (κ1) is 49.6. The van der Waals surface area contributed by atoms with Gasteiger partial charge in [-0.3, -0.25) is 0 Å². The fraction of sp³-hybridized carbons (Fsp3) is 0.225. The predicted molar refractivity (Wildman–Crippen MR) is 191 cm³/mol. The van der Waals surface area contributed by atoms with E-state index < -0.39 is 144 Å². The molecule has 5 aromatic carbocycles. The number of esters is 1. The van der Waals surface area contributed by atoms with Gasteiger partial charge < -0.3 is 4.74 Å². The molecule has 64 heavy (non-hydrogen) atoms. The first-order chi connectivity index (χ1) is 29.8. The highest BCUT2D eigenvalue weighted by Gasteiger charge is 2.52. The number of hydrogen-bond donors (Lipinski definition) is 0. The van der Waals surface area contributed by atoms with Gasteiger partial charge in [0, 0.05) is 5.56 Å². The second kappa shape index (κ2) is 19.0. The molecule has 0 amide bonds. The molecule has 0 bridgehead atoms. The number of carbonyl (C=O) groups excluding carboxylic acids is 1. The fourth-order valence-corrected chi connectivity index (χ4v) is 8.21. The van der Waals surface area contributed by atoms with Gasteiger partial charge in [-0.2, -0.15) is 0 Å². The van der Waals surface area contributed by atoms with Crippen molar-refractivity contribution in [3.05, 3.63) is 152 Å². The molecule has 0 heterocycles. The molecule has 5 aromatic rings. The topological polar surface area (TPSA) is 26.3 Å². The summed E-state index contributed by atoms with van der Waals surface area (Å²) >= 11 is 0. The average molecular weight is 958 g/mol. The third-order valence-electron chi connectivity index (χ3n) is 10.2. The Morgan fingerprint density at radius 3 is 0.938 bits per heavy atom. The predicted octanol–water partition coefficient (Wildman–Crippen LogP) is 9.40. The quantitative estimate of drug-likeness (QED) is 0.0388. The van der Waals surface area contributed by atoms with Gasteiger partial charge in [0.25, 0.3) is 0 Å². The SMILES string of the molecule is C[S+](C)Cc1ccc(C(=O)OC2CCCCC2)cc1.Fc1c(F)c(F)c([B-](c2c(F)c(F)c(F)c(F)c2F)(c2c(F)c(F)c(F)c(F)c2F)c2c(F)c(F)c(F)c(F)c2F)c(F)c1F. The lowest BCUT2D eigenvalue weighted by atomic mass is 9.12. The van der Waals surface area contributed by atoms with Gasteiger partial charge in [-0.05, 0) is 48.7 Å². The number of ether oxygens (including phenoxy) is 1. The normalized spacial score (nSPS) is 13.4. The van der Waals surface area contributed by atoms with Crippen LogP contribution in [0.3, 0.4) is 0 Å². The van der Waals surface area contributed by atoms with Crippen molar-refractivity contribution in [1.29, 1.82) is 0 Å². The standard InChI is InChI=1S/C24BF20.C16H23O2S/c26-5-1(6(27)14(35)21(42)13(5)34)25(2-7(28)15(36)22(43)16(37)8(2)29,3-9(30)17(38)23(44)18(39)10(3)31)4-11(32)19(40)24(45)20(41)12(4)33;1-19(2)12-13-8-10-14(11-9-13)16(17)18-15-6-4-3-5-7-15/h;8-11,15H,3-7,12H2,1-2H3/q-1;+1. The summed E-state index contributed by atoms with van der Waals surface area (Å²) in [6.45, 7) is 0. The van der Waals surface area contributed by atoms with Crippen molar-refractivity contribution in [2.75, 3.05) is 12.5 Å². The molecule has 1 fully saturated rings. The van der Waals surface area contributed by atoms with Gasteiger partial charge >= 0.3 is 5.97 Å². The summed E-state index contributed by atoms with van der Waals surface area (Å²) in [5, 5.41) is 0. The van der Waals surface area contributed by atoms with Gasteiger partial charge in [-0.25, -0.2) is 92.6 Å². The van der Waals surface area contributed by atoms with E-state index in [1.165, 1.54) is 24.8 Å². The van der Waals surface area contributed by atoms with Crippen LogP contribution in [0.5, 0.6) is 0 Å². The summed E-state index contributed by atoms with van der Waals surface area (Å²) < 4.78 is 300. The molecule has 0 atom stereocenters. The minimum Gasteiger partial charge on any atom is -0.459 e. The summed E-state index contributed by atoms with van der Waals surface area (Å²) in [5.41, 5.74) is -12.4. The Bertz CT molecular complexity index is 2270. The maximum atomic E-state index is 15.4. The number of benzene rings is 5. The summed E-state index contributed by atoms with van der Waals surface area (Å²) in [6, 6.07) is 7.88. The van der Waals surface area contributed by atoms with E-state index in [0.717, 1.165) is 18.6 Å². The Morgan fingerprint density at radius 2 is 0.688 bits per heavy atom. The van der Waals surface area contributed by atoms with Gasteiger partial charge in [-0.1, -0.05) is 18.6 Å². The summed E-state index contributed by atoms with van der Waals surface area (Å²) in [5.74, 6) is -70.5. The Balaban J connectivity index is 0.000000337. The molecule has 2 nitrogen and oxygen atoms in total. The smallest absolute Gasteiger partial charge is 0.338 e. The van der Waals surface area contributed by atoms with Crippen molar-refractivity contribution < 1.29 is 97.3 Å². The Kier molecular flexibility index (Phi) is 14.7. The highest BCUT2D eigenvalue weighted by Crippen LogP contribution is 2.31. The van der Waals surface area contributed by atoms with Crippen molar-refractivity contribution in [3.63, 3.8) is 0 Å². The van der Waals surface area contributed by atoms with Crippen LogP contribution in [0.1, 0.15) is 48.0 Å². The van der Waals surface area contributed by atoms with Crippen LogP contribution in [-0.2, 0) is 21.4 Å². The van der Waals surface area contributed by atoms with Gasteiger partial charge in [0.1, 0.15) is 64.5 Å². The van der Waals surface area contributed by atoms with Crippen LogP contribution >= 0.6 is 0 Å². The van der Waals surface area contributed by atoms with Gasteiger partial charge in [-0.15, -0.1) is 21.9 Å². The Morgan fingerprint density at radius 1 is 0.438 bits per heavy atom. The molecule has 1 aliphatic carbocycles. The second-order valence-corrected chi connectivity index (χ2v) is 16.6. The summed E-state index contributed by atoms with van der Waals surface area (Å²) in [6.07, 6.45) is 3.08. The molecule has 1 aliphatic rings. The summed E-state index contributed by atoms with van der Waals surface area (Å²) in [4.78, 5) is 12.0. The molecule has 0 saturated heterocycles. The average Bonchev–Trinajstić information content (AvgIpc) is 3.26. The largest absolute Gasteiger partial charge is 0.459 e.